The van der Waals surface area contributed by atoms with E-state index >= 15 is 0 Å². The van der Waals surface area contributed by atoms with E-state index in [1.165, 1.54) is 23.0 Å². The Bertz CT molecular complexity index is 656. The Morgan fingerprint density at radius 3 is 2.11 bits per heavy atom. The third-order valence-electron chi connectivity index (χ3n) is 2.24. The molecule has 1 heterocycles. The summed E-state index contributed by atoms with van der Waals surface area (Å²) in [6, 6.07) is 3.72. The van der Waals surface area contributed by atoms with Crippen molar-refractivity contribution in [3.05, 3.63) is 40.4 Å². The van der Waals surface area contributed by atoms with Gasteiger partial charge in [-0.2, -0.15) is 5.10 Å². The fourth-order valence-corrected chi connectivity index (χ4v) is 1.63. The molecule has 0 aliphatic heterocycles. The van der Waals surface area contributed by atoms with Crippen molar-refractivity contribution in [2.45, 2.75) is 0 Å². The summed E-state index contributed by atoms with van der Waals surface area (Å²) in [5.74, 6) is -2.43. The van der Waals surface area contributed by atoms with Gasteiger partial charge in [-0.15, -0.1) is 0 Å². The molecule has 92 valence electrons. The number of nitrogens with one attached hydrogen (secondary N) is 1. The third-order valence-corrected chi connectivity index (χ3v) is 2.53. The first-order valence-corrected chi connectivity index (χ1v) is 5.14. The van der Waals surface area contributed by atoms with Crippen LogP contribution in [-0.4, -0.2) is 36.9 Å². The first-order valence-electron chi connectivity index (χ1n) is 4.73. The van der Waals surface area contributed by atoms with Gasteiger partial charge in [-0.1, -0.05) is 0 Å². The molecular weight excluding hydrogens is 258 g/mol. The number of hydrogen-bond acceptors (Lipinski definition) is 4. The predicted octanol–water partition coefficient (Wildman–Crippen LogP) is 1.33. The molecular formula is C10H7N3O4S. The van der Waals surface area contributed by atoms with Gasteiger partial charge in [0.05, 0.1) is 16.8 Å². The van der Waals surface area contributed by atoms with E-state index in [4.69, 9.17) is 22.4 Å². The van der Waals surface area contributed by atoms with Gasteiger partial charge in [0.1, 0.15) is 6.33 Å². The fraction of sp³-hybridized carbons (Fsp3) is 0. The number of carbonyl (C=O) groups is 2. The van der Waals surface area contributed by atoms with Gasteiger partial charge in [-0.05, 0) is 30.4 Å². The summed E-state index contributed by atoms with van der Waals surface area (Å²) >= 11 is 4.94. The number of aromatic amines is 1. The third kappa shape index (κ3) is 2.13. The number of hydrogen-bond donors (Lipinski definition) is 3. The van der Waals surface area contributed by atoms with E-state index in [1.54, 1.807) is 0 Å². The number of carboxylic acids is 2. The van der Waals surface area contributed by atoms with Crippen molar-refractivity contribution in [2.75, 3.05) is 0 Å². The fourth-order valence-electron chi connectivity index (χ4n) is 1.43. The van der Waals surface area contributed by atoms with Crippen LogP contribution in [0.2, 0.25) is 0 Å². The van der Waals surface area contributed by atoms with Crippen LogP contribution in [0.1, 0.15) is 20.7 Å². The molecule has 0 fully saturated rings. The van der Waals surface area contributed by atoms with Crippen molar-refractivity contribution >= 4 is 24.2 Å². The zero-order valence-corrected chi connectivity index (χ0v) is 9.64. The van der Waals surface area contributed by atoms with E-state index in [-0.39, 0.29) is 15.9 Å². The number of benzene rings is 1. The van der Waals surface area contributed by atoms with Gasteiger partial charge < -0.3 is 10.2 Å². The van der Waals surface area contributed by atoms with Gasteiger partial charge in [-0.3, -0.25) is 9.67 Å². The summed E-state index contributed by atoms with van der Waals surface area (Å²) in [6.07, 6.45) is 1.34. The lowest BCUT2D eigenvalue weighted by Gasteiger charge is -2.05. The molecule has 0 bridgehead atoms. The summed E-state index contributed by atoms with van der Waals surface area (Å²) in [6.45, 7) is 0. The average Bonchev–Trinajstić information content (AvgIpc) is 2.74. The number of aromatic nitrogens is 3. The van der Waals surface area contributed by atoms with Crippen LogP contribution in [0, 0.1) is 4.77 Å². The van der Waals surface area contributed by atoms with Crippen molar-refractivity contribution in [1.82, 2.24) is 14.8 Å². The van der Waals surface area contributed by atoms with Crippen LogP contribution in [-0.2, 0) is 0 Å². The van der Waals surface area contributed by atoms with E-state index in [0.717, 1.165) is 6.07 Å². The second-order valence-corrected chi connectivity index (χ2v) is 3.80. The van der Waals surface area contributed by atoms with Crippen molar-refractivity contribution in [1.29, 1.82) is 0 Å². The summed E-state index contributed by atoms with van der Waals surface area (Å²) in [7, 11) is 0. The molecule has 0 amide bonds. The van der Waals surface area contributed by atoms with Crippen LogP contribution < -0.4 is 0 Å². The lowest BCUT2D eigenvalue weighted by molar-refractivity contribution is 0.0696. The lowest BCUT2D eigenvalue weighted by Crippen LogP contribution is -2.05. The van der Waals surface area contributed by atoms with Crippen LogP contribution in [0.4, 0.5) is 0 Å². The highest BCUT2D eigenvalue weighted by Crippen LogP contribution is 2.15. The van der Waals surface area contributed by atoms with Gasteiger partial charge in [0.15, 0.2) is 4.77 Å². The van der Waals surface area contributed by atoms with Gasteiger partial charge in [0.2, 0.25) is 0 Å². The molecule has 3 N–H and O–H groups in total. The molecule has 0 saturated carbocycles. The standard InChI is InChI=1S/C10H7N3O4S/c14-8(15)5-1-6(9(16)17)3-7(2-5)13-4-11-12-10(13)18/h1-4H,(H,12,18)(H,14,15)(H,16,17). The normalized spacial score (nSPS) is 10.2. The molecule has 0 aliphatic rings. The predicted molar refractivity (Wildman–Crippen MR) is 62.7 cm³/mol. The lowest BCUT2D eigenvalue weighted by atomic mass is 10.1. The van der Waals surface area contributed by atoms with Crippen molar-refractivity contribution in [2.24, 2.45) is 0 Å². The highest BCUT2D eigenvalue weighted by atomic mass is 32.1. The summed E-state index contributed by atoms with van der Waals surface area (Å²) in [4.78, 5) is 21.9. The van der Waals surface area contributed by atoms with E-state index in [9.17, 15) is 9.59 Å². The zero-order chi connectivity index (χ0) is 13.3. The molecule has 0 radical (unpaired) electrons. The van der Waals surface area contributed by atoms with E-state index < -0.39 is 11.9 Å². The Labute approximate surface area is 105 Å². The molecule has 1 aromatic heterocycles. The van der Waals surface area contributed by atoms with Crippen molar-refractivity contribution in [3.8, 4) is 5.69 Å². The molecule has 1 aromatic carbocycles. The highest BCUT2D eigenvalue weighted by molar-refractivity contribution is 7.71. The zero-order valence-electron chi connectivity index (χ0n) is 8.82. The highest BCUT2D eigenvalue weighted by Gasteiger charge is 2.12. The monoisotopic (exact) mass is 265 g/mol. The Kier molecular flexibility index (Phi) is 2.94. The second-order valence-electron chi connectivity index (χ2n) is 3.41. The average molecular weight is 265 g/mol. The van der Waals surface area contributed by atoms with Gasteiger partial charge in [-0.25, -0.2) is 9.59 Å². The van der Waals surface area contributed by atoms with E-state index in [2.05, 4.69) is 10.2 Å². The van der Waals surface area contributed by atoms with Crippen LogP contribution in [0.15, 0.2) is 24.5 Å². The minimum Gasteiger partial charge on any atom is -0.478 e. The second kappa shape index (κ2) is 4.41. The summed E-state index contributed by atoms with van der Waals surface area (Å²) in [5, 5.41) is 24.0. The minimum atomic E-state index is -1.21. The molecule has 0 atom stereocenters. The van der Waals surface area contributed by atoms with Crippen LogP contribution in [0.5, 0.6) is 0 Å². The quantitative estimate of drug-likeness (QED) is 0.722. The Balaban J connectivity index is 2.68. The summed E-state index contributed by atoms with van der Waals surface area (Å²) < 4.78 is 1.63. The number of rotatable bonds is 3. The molecule has 0 saturated heterocycles. The molecule has 0 aliphatic carbocycles. The Morgan fingerprint density at radius 2 is 1.72 bits per heavy atom. The molecule has 0 spiro atoms. The smallest absolute Gasteiger partial charge is 0.335 e. The first-order chi connectivity index (χ1) is 8.49. The molecule has 7 nitrogen and oxygen atoms in total. The number of nitrogens with zero attached hydrogens (tertiary/aromatic N) is 2. The van der Waals surface area contributed by atoms with Gasteiger partial charge in [0, 0.05) is 0 Å². The maximum absolute atomic E-state index is 10.9. The Morgan fingerprint density at radius 1 is 1.17 bits per heavy atom. The van der Waals surface area contributed by atoms with E-state index in [1.807, 2.05) is 0 Å². The maximum atomic E-state index is 10.9. The van der Waals surface area contributed by atoms with Crippen molar-refractivity contribution < 1.29 is 19.8 Å². The van der Waals surface area contributed by atoms with E-state index in [0.29, 0.717) is 5.69 Å². The largest absolute Gasteiger partial charge is 0.478 e. The number of H-pyrrole nitrogens is 1. The van der Waals surface area contributed by atoms with Crippen LogP contribution >= 0.6 is 12.2 Å². The maximum Gasteiger partial charge on any atom is 0.335 e. The SMILES string of the molecule is O=C(O)c1cc(C(=O)O)cc(-n2cn[nH]c2=S)c1. The number of carboxylic acid groups (broad SMARTS) is 2. The molecule has 2 aromatic rings. The molecule has 0 unspecified atom stereocenters. The van der Waals surface area contributed by atoms with Gasteiger partial charge in [0.25, 0.3) is 0 Å². The molecule has 2 rings (SSSR count). The van der Waals surface area contributed by atoms with Crippen molar-refractivity contribution in [3.63, 3.8) is 0 Å². The molecule has 8 heteroatoms. The Hall–Kier alpha value is -2.48. The first kappa shape index (κ1) is 12.0. The van der Waals surface area contributed by atoms with Crippen LogP contribution in [0.3, 0.4) is 0 Å². The topological polar surface area (TPSA) is 108 Å². The number of aromatic carboxylic acids is 2. The van der Waals surface area contributed by atoms with Crippen LogP contribution in [0.25, 0.3) is 5.69 Å². The van der Waals surface area contributed by atoms with Gasteiger partial charge >= 0.3 is 11.9 Å². The minimum absolute atomic E-state index is 0.131. The molecule has 18 heavy (non-hydrogen) atoms. The summed E-state index contributed by atoms with van der Waals surface area (Å²) in [5.41, 5.74) is 0.0621.